The molecule has 2 heterocycles. The topological polar surface area (TPSA) is 55.8 Å². The van der Waals surface area contributed by atoms with Crippen LogP contribution in [-0.4, -0.2) is 39.0 Å². The van der Waals surface area contributed by atoms with Crippen molar-refractivity contribution >= 4 is 10.0 Å². The summed E-state index contributed by atoms with van der Waals surface area (Å²) in [7, 11) is -3.52. The SMILES string of the molecule is O=S(=O)(c1ccc2c(c1)OCCO2)N1CCC(c2ccccc2)C1. The van der Waals surface area contributed by atoms with Gasteiger partial charge in [0, 0.05) is 19.2 Å². The van der Waals surface area contributed by atoms with E-state index < -0.39 is 10.0 Å². The molecule has 5 nitrogen and oxygen atoms in total. The Bertz CT molecular complexity index is 835. The van der Waals surface area contributed by atoms with E-state index in [0.717, 1.165) is 6.42 Å². The lowest BCUT2D eigenvalue weighted by Gasteiger charge is -2.21. The Labute approximate surface area is 141 Å². The van der Waals surface area contributed by atoms with Crippen LogP contribution in [0.5, 0.6) is 11.5 Å². The quantitative estimate of drug-likeness (QED) is 0.858. The van der Waals surface area contributed by atoms with Gasteiger partial charge in [0.1, 0.15) is 13.2 Å². The zero-order valence-electron chi connectivity index (χ0n) is 13.2. The first-order chi connectivity index (χ1) is 11.6. The Balaban J connectivity index is 1.57. The zero-order chi connectivity index (χ0) is 16.6. The Morgan fingerprint density at radius 3 is 2.50 bits per heavy atom. The molecule has 6 heteroatoms. The fraction of sp³-hybridized carbons (Fsp3) is 0.333. The average Bonchev–Trinajstić information content (AvgIpc) is 3.13. The van der Waals surface area contributed by atoms with Crippen molar-refractivity contribution in [3.63, 3.8) is 0 Å². The molecule has 0 amide bonds. The third kappa shape index (κ3) is 2.76. The van der Waals surface area contributed by atoms with E-state index in [1.165, 1.54) is 5.56 Å². The highest BCUT2D eigenvalue weighted by Crippen LogP contribution is 2.35. The highest BCUT2D eigenvalue weighted by Gasteiger charge is 2.33. The summed E-state index contributed by atoms with van der Waals surface area (Å²) < 4.78 is 38.4. The largest absolute Gasteiger partial charge is 0.486 e. The Kier molecular flexibility index (Phi) is 3.94. The number of sulfonamides is 1. The average molecular weight is 345 g/mol. The number of rotatable bonds is 3. The van der Waals surface area contributed by atoms with Crippen LogP contribution in [0.2, 0.25) is 0 Å². The van der Waals surface area contributed by atoms with Crippen LogP contribution in [0.15, 0.2) is 53.4 Å². The predicted octanol–water partition coefficient (Wildman–Crippen LogP) is 2.64. The van der Waals surface area contributed by atoms with Gasteiger partial charge in [-0.05, 0) is 30.0 Å². The van der Waals surface area contributed by atoms with Crippen molar-refractivity contribution in [1.29, 1.82) is 0 Å². The summed E-state index contributed by atoms with van der Waals surface area (Å²) in [5.41, 5.74) is 1.19. The monoisotopic (exact) mass is 345 g/mol. The molecule has 0 aliphatic carbocycles. The number of hydrogen-bond donors (Lipinski definition) is 0. The summed E-state index contributed by atoms with van der Waals surface area (Å²) in [6.45, 7) is 1.98. The minimum atomic E-state index is -3.52. The molecule has 1 saturated heterocycles. The molecule has 4 rings (SSSR count). The fourth-order valence-corrected chi connectivity index (χ4v) is 4.79. The van der Waals surface area contributed by atoms with E-state index in [1.807, 2.05) is 18.2 Å². The lowest BCUT2D eigenvalue weighted by Crippen LogP contribution is -2.29. The number of fused-ring (bicyclic) bond motifs is 1. The minimum Gasteiger partial charge on any atom is -0.486 e. The van der Waals surface area contributed by atoms with Crippen LogP contribution in [0.4, 0.5) is 0 Å². The molecule has 2 aliphatic rings. The van der Waals surface area contributed by atoms with Gasteiger partial charge in [-0.3, -0.25) is 0 Å². The summed E-state index contributed by atoms with van der Waals surface area (Å²) >= 11 is 0. The highest BCUT2D eigenvalue weighted by molar-refractivity contribution is 7.89. The van der Waals surface area contributed by atoms with E-state index in [-0.39, 0.29) is 10.8 Å². The highest BCUT2D eigenvalue weighted by atomic mass is 32.2. The van der Waals surface area contributed by atoms with Gasteiger partial charge >= 0.3 is 0 Å². The van der Waals surface area contributed by atoms with Crippen molar-refractivity contribution < 1.29 is 17.9 Å². The second-order valence-corrected chi connectivity index (χ2v) is 8.00. The van der Waals surface area contributed by atoms with E-state index in [2.05, 4.69) is 12.1 Å². The zero-order valence-corrected chi connectivity index (χ0v) is 14.0. The number of hydrogen-bond acceptors (Lipinski definition) is 4. The lowest BCUT2D eigenvalue weighted by atomic mass is 9.99. The van der Waals surface area contributed by atoms with Gasteiger partial charge in [0.05, 0.1) is 4.90 Å². The molecular formula is C18H19NO4S. The first-order valence-corrected chi connectivity index (χ1v) is 9.53. The number of benzene rings is 2. The molecule has 0 spiro atoms. The van der Waals surface area contributed by atoms with Crippen LogP contribution in [-0.2, 0) is 10.0 Å². The van der Waals surface area contributed by atoms with Gasteiger partial charge in [0.25, 0.3) is 0 Å². The third-order valence-corrected chi connectivity index (χ3v) is 6.43. The Morgan fingerprint density at radius 2 is 1.71 bits per heavy atom. The molecule has 2 aliphatic heterocycles. The van der Waals surface area contributed by atoms with Crippen molar-refractivity contribution in [2.24, 2.45) is 0 Å². The summed E-state index contributed by atoms with van der Waals surface area (Å²) in [6.07, 6.45) is 0.841. The van der Waals surface area contributed by atoms with E-state index in [4.69, 9.17) is 9.47 Å². The van der Waals surface area contributed by atoms with Crippen molar-refractivity contribution in [2.75, 3.05) is 26.3 Å². The van der Waals surface area contributed by atoms with Crippen molar-refractivity contribution in [1.82, 2.24) is 4.31 Å². The van der Waals surface area contributed by atoms with Crippen LogP contribution in [0.25, 0.3) is 0 Å². The molecule has 1 fully saturated rings. The van der Waals surface area contributed by atoms with Gasteiger partial charge in [0.15, 0.2) is 11.5 Å². The molecule has 126 valence electrons. The Morgan fingerprint density at radius 1 is 0.958 bits per heavy atom. The summed E-state index contributed by atoms with van der Waals surface area (Å²) in [5, 5.41) is 0. The molecule has 0 N–H and O–H groups in total. The van der Waals surface area contributed by atoms with Crippen molar-refractivity contribution in [3.8, 4) is 11.5 Å². The van der Waals surface area contributed by atoms with E-state index in [1.54, 1.807) is 22.5 Å². The van der Waals surface area contributed by atoms with Crippen LogP contribution in [0.3, 0.4) is 0 Å². The van der Waals surface area contributed by atoms with Gasteiger partial charge in [-0.15, -0.1) is 0 Å². The molecule has 0 aromatic heterocycles. The summed E-state index contributed by atoms with van der Waals surface area (Å²) in [4.78, 5) is 0.264. The minimum absolute atomic E-state index is 0.248. The van der Waals surface area contributed by atoms with Crippen LogP contribution in [0, 0.1) is 0 Å². The van der Waals surface area contributed by atoms with Crippen molar-refractivity contribution in [3.05, 3.63) is 54.1 Å². The summed E-state index contributed by atoms with van der Waals surface area (Å²) in [6, 6.07) is 14.9. The maximum Gasteiger partial charge on any atom is 0.243 e. The lowest BCUT2D eigenvalue weighted by molar-refractivity contribution is 0.171. The maximum atomic E-state index is 12.9. The van der Waals surface area contributed by atoms with Gasteiger partial charge in [0.2, 0.25) is 10.0 Å². The second kappa shape index (κ2) is 6.11. The molecular weight excluding hydrogens is 326 g/mol. The molecule has 0 radical (unpaired) electrons. The van der Waals surface area contributed by atoms with Crippen LogP contribution >= 0.6 is 0 Å². The summed E-state index contributed by atoms with van der Waals surface area (Å²) in [5.74, 6) is 1.35. The predicted molar refractivity (Wildman–Crippen MR) is 90.0 cm³/mol. The first-order valence-electron chi connectivity index (χ1n) is 8.09. The second-order valence-electron chi connectivity index (χ2n) is 6.06. The number of ether oxygens (including phenoxy) is 2. The third-order valence-electron chi connectivity index (χ3n) is 4.57. The smallest absolute Gasteiger partial charge is 0.243 e. The van der Waals surface area contributed by atoms with Gasteiger partial charge in [-0.2, -0.15) is 4.31 Å². The normalized spacial score (nSPS) is 20.9. The molecule has 1 atom stereocenters. The Hall–Kier alpha value is -2.05. The van der Waals surface area contributed by atoms with E-state index >= 15 is 0 Å². The molecule has 0 bridgehead atoms. The standard InChI is InChI=1S/C18H19NO4S/c20-24(21,16-6-7-17-18(12-16)23-11-10-22-17)19-9-8-15(13-19)14-4-2-1-3-5-14/h1-7,12,15H,8-11,13H2. The maximum absolute atomic E-state index is 12.9. The van der Waals surface area contributed by atoms with Gasteiger partial charge in [-0.1, -0.05) is 30.3 Å². The van der Waals surface area contributed by atoms with E-state index in [9.17, 15) is 8.42 Å². The van der Waals surface area contributed by atoms with Gasteiger partial charge in [-0.25, -0.2) is 8.42 Å². The first kappa shape index (κ1) is 15.5. The fourth-order valence-electron chi connectivity index (χ4n) is 3.28. The molecule has 1 unspecified atom stereocenters. The van der Waals surface area contributed by atoms with Gasteiger partial charge < -0.3 is 9.47 Å². The number of nitrogens with zero attached hydrogens (tertiary/aromatic N) is 1. The van der Waals surface area contributed by atoms with Crippen LogP contribution < -0.4 is 9.47 Å². The molecule has 24 heavy (non-hydrogen) atoms. The molecule has 2 aromatic rings. The molecule has 0 saturated carbocycles. The molecule has 2 aromatic carbocycles. The van der Waals surface area contributed by atoms with E-state index in [0.29, 0.717) is 37.8 Å². The van der Waals surface area contributed by atoms with Crippen LogP contribution in [0.1, 0.15) is 17.9 Å². The van der Waals surface area contributed by atoms with Crippen molar-refractivity contribution in [2.45, 2.75) is 17.2 Å².